The second-order valence-corrected chi connectivity index (χ2v) is 15.0. The van der Waals surface area contributed by atoms with Crippen molar-refractivity contribution in [3.63, 3.8) is 0 Å². The highest BCUT2D eigenvalue weighted by molar-refractivity contribution is 14.1. The molecule has 56 heavy (non-hydrogen) atoms. The van der Waals surface area contributed by atoms with E-state index in [-0.39, 0.29) is 48.8 Å². The van der Waals surface area contributed by atoms with Crippen molar-refractivity contribution in [1.29, 1.82) is 0 Å². The van der Waals surface area contributed by atoms with E-state index in [1.807, 2.05) is 27.0 Å². The number of nitrogens with one attached hydrogen (secondary N) is 2. The molecular formula is C36H38IN14O5+. The molecule has 7 heterocycles. The highest BCUT2D eigenvalue weighted by atomic mass is 127. The van der Waals surface area contributed by atoms with E-state index in [1.165, 1.54) is 35.1 Å². The minimum atomic E-state index is -0.498. The number of hydrogen-bond acceptors (Lipinski definition) is 10. The third-order valence-corrected chi connectivity index (χ3v) is 9.72. The van der Waals surface area contributed by atoms with Gasteiger partial charge in [0.15, 0.2) is 0 Å². The highest BCUT2D eigenvalue weighted by Crippen LogP contribution is 2.20. The Hall–Kier alpha value is -6.32. The molecule has 1 atom stereocenters. The molecule has 7 rings (SSSR count). The van der Waals surface area contributed by atoms with Crippen LogP contribution in [-0.4, -0.2) is 77.8 Å². The lowest BCUT2D eigenvalue weighted by Gasteiger charge is -2.14. The van der Waals surface area contributed by atoms with Gasteiger partial charge < -0.3 is 15.5 Å². The van der Waals surface area contributed by atoms with Crippen molar-refractivity contribution in [3.05, 3.63) is 109 Å². The summed E-state index contributed by atoms with van der Waals surface area (Å²) >= 11 is 2.15. The molecule has 0 saturated heterocycles. The van der Waals surface area contributed by atoms with E-state index in [0.717, 1.165) is 8.25 Å². The van der Waals surface area contributed by atoms with Crippen molar-refractivity contribution in [1.82, 2.24) is 53.0 Å². The van der Waals surface area contributed by atoms with Gasteiger partial charge in [-0.3, -0.25) is 32.8 Å². The van der Waals surface area contributed by atoms with Crippen LogP contribution in [0.25, 0.3) is 16.7 Å². The van der Waals surface area contributed by atoms with Crippen LogP contribution in [-0.2, 0) is 40.6 Å². The lowest BCUT2D eigenvalue weighted by atomic mass is 10.1. The topological polar surface area (TPSA) is 205 Å². The van der Waals surface area contributed by atoms with E-state index in [9.17, 15) is 24.0 Å². The van der Waals surface area contributed by atoms with Crippen molar-refractivity contribution in [2.45, 2.75) is 65.7 Å². The minimum Gasteiger partial charge on any atom is -0.342 e. The number of rotatable bonds is 12. The normalized spacial score (nSPS) is 12.1. The number of carbonyl (C=O) groups excluding carboxylic acids is 3. The summed E-state index contributed by atoms with van der Waals surface area (Å²) in [7, 11) is 1.67. The second-order valence-electron chi connectivity index (χ2n) is 13.8. The highest BCUT2D eigenvalue weighted by Gasteiger charge is 2.24. The molecule has 0 aliphatic heterocycles. The molecule has 3 amide bonds. The fourth-order valence-electron chi connectivity index (χ4n) is 6.34. The van der Waals surface area contributed by atoms with E-state index in [1.54, 1.807) is 67.9 Å². The maximum Gasteiger partial charge on any atom is 0.291 e. The maximum atomic E-state index is 13.7. The summed E-state index contributed by atoms with van der Waals surface area (Å²) in [6.45, 7) is 7.30. The predicted molar refractivity (Wildman–Crippen MR) is 211 cm³/mol. The molecule has 0 radical (unpaired) electrons. The van der Waals surface area contributed by atoms with Gasteiger partial charge in [0.05, 0.1) is 17.8 Å². The number of pyridine rings is 1. The first-order valence-corrected chi connectivity index (χ1v) is 18.7. The molecule has 0 bridgehead atoms. The van der Waals surface area contributed by atoms with E-state index in [0.29, 0.717) is 46.1 Å². The SMILES string of the molecule is CC(=O)N(C)Cc1cc2c(=O)n(CC(=O)Nc3ccncn3)nc(C(C)Cn3nc[n+]4cc(NC(=O)Cn5nc(C(C)C)n6cc(I)cc6c5=O)ccc34)n2c1. The number of halogens is 1. The van der Waals surface area contributed by atoms with E-state index in [2.05, 4.69) is 58.5 Å². The summed E-state index contributed by atoms with van der Waals surface area (Å²) in [5.74, 6) is 0.0735. The lowest BCUT2D eigenvalue weighted by Crippen LogP contribution is -2.33. The first kappa shape index (κ1) is 38.0. The molecule has 0 aromatic carbocycles. The van der Waals surface area contributed by atoms with E-state index in [4.69, 9.17) is 0 Å². The zero-order valence-electron chi connectivity index (χ0n) is 31.1. The van der Waals surface area contributed by atoms with Crippen LogP contribution >= 0.6 is 22.6 Å². The van der Waals surface area contributed by atoms with Crippen LogP contribution in [0.15, 0.2) is 77.4 Å². The number of amides is 3. The van der Waals surface area contributed by atoms with Crippen molar-refractivity contribution in [2.24, 2.45) is 0 Å². The second kappa shape index (κ2) is 15.4. The summed E-state index contributed by atoms with van der Waals surface area (Å²) in [6, 6.07) is 8.55. The molecule has 7 aromatic heterocycles. The Morgan fingerprint density at radius 2 is 1.57 bits per heavy atom. The van der Waals surface area contributed by atoms with Gasteiger partial charge in [-0.15, -0.1) is 4.68 Å². The van der Waals surface area contributed by atoms with E-state index < -0.39 is 17.4 Å². The van der Waals surface area contributed by atoms with Gasteiger partial charge in [0.1, 0.15) is 54.5 Å². The number of carbonyl (C=O) groups is 3. The molecule has 0 aliphatic carbocycles. The minimum absolute atomic E-state index is 0.0187. The van der Waals surface area contributed by atoms with Crippen LogP contribution in [0.4, 0.5) is 11.5 Å². The first-order chi connectivity index (χ1) is 26.7. The summed E-state index contributed by atoms with van der Waals surface area (Å²) < 4.78 is 10.2. The van der Waals surface area contributed by atoms with Gasteiger partial charge in [0.2, 0.25) is 17.7 Å². The molecule has 0 spiro atoms. The molecule has 0 aliphatic rings. The van der Waals surface area contributed by atoms with Crippen molar-refractivity contribution >= 4 is 68.5 Å². The third kappa shape index (κ3) is 7.76. The zero-order chi connectivity index (χ0) is 39.8. The maximum absolute atomic E-state index is 13.7. The van der Waals surface area contributed by atoms with Crippen LogP contribution in [0.1, 0.15) is 56.7 Å². The smallest absolute Gasteiger partial charge is 0.291 e. The van der Waals surface area contributed by atoms with Gasteiger partial charge >= 0.3 is 0 Å². The third-order valence-electron chi connectivity index (χ3n) is 9.13. The van der Waals surface area contributed by atoms with Crippen molar-refractivity contribution in [2.75, 3.05) is 17.7 Å². The molecule has 0 fully saturated rings. The van der Waals surface area contributed by atoms with E-state index >= 15 is 0 Å². The average Bonchev–Trinajstić information content (AvgIpc) is 3.87. The van der Waals surface area contributed by atoms with Crippen molar-refractivity contribution in [3.8, 4) is 0 Å². The Balaban J connectivity index is 1.13. The molecule has 7 aromatic rings. The zero-order valence-corrected chi connectivity index (χ0v) is 33.3. The number of anilines is 2. The summed E-state index contributed by atoms with van der Waals surface area (Å²) in [4.78, 5) is 74.4. The van der Waals surface area contributed by atoms with Crippen LogP contribution in [0, 0.1) is 3.57 Å². The molecule has 1 unspecified atom stereocenters. The number of aromatic nitrogens is 11. The van der Waals surface area contributed by atoms with Gasteiger partial charge in [-0.2, -0.15) is 10.2 Å². The van der Waals surface area contributed by atoms with Gasteiger partial charge in [0.25, 0.3) is 23.1 Å². The van der Waals surface area contributed by atoms with Gasteiger partial charge in [-0.05, 0) is 52.4 Å². The molecule has 0 saturated carbocycles. The van der Waals surface area contributed by atoms with Gasteiger partial charge in [-0.1, -0.05) is 20.8 Å². The van der Waals surface area contributed by atoms with Crippen LogP contribution in [0.5, 0.6) is 0 Å². The number of fused-ring (bicyclic) bond motifs is 3. The molecular weight excluding hydrogens is 835 g/mol. The molecule has 288 valence electrons. The summed E-state index contributed by atoms with van der Waals surface area (Å²) in [5, 5.41) is 19.2. The van der Waals surface area contributed by atoms with Crippen molar-refractivity contribution < 1.29 is 18.8 Å². The molecule has 19 nitrogen and oxygen atoms in total. The van der Waals surface area contributed by atoms with Gasteiger partial charge in [0, 0.05) is 59.8 Å². The molecule has 20 heteroatoms. The quantitative estimate of drug-likeness (QED) is 0.135. The number of hydrogen-bond donors (Lipinski definition) is 2. The Labute approximate surface area is 331 Å². The first-order valence-electron chi connectivity index (χ1n) is 17.6. The Morgan fingerprint density at radius 3 is 2.25 bits per heavy atom. The van der Waals surface area contributed by atoms with Crippen LogP contribution in [0.3, 0.4) is 0 Å². The van der Waals surface area contributed by atoms with Gasteiger partial charge in [-0.25, -0.2) is 23.7 Å². The average molecular weight is 874 g/mol. The summed E-state index contributed by atoms with van der Waals surface area (Å²) in [5.41, 5.74) is 1.82. The Bertz CT molecular complexity index is 2770. The number of nitrogens with zero attached hydrogens (tertiary/aromatic N) is 12. The lowest BCUT2D eigenvalue weighted by molar-refractivity contribution is -0.511. The fourth-order valence-corrected chi connectivity index (χ4v) is 6.92. The van der Waals surface area contributed by atoms with Crippen LogP contribution in [0.2, 0.25) is 0 Å². The molecule has 2 N–H and O–H groups in total. The largest absolute Gasteiger partial charge is 0.342 e. The predicted octanol–water partition coefficient (Wildman–Crippen LogP) is 1.82. The Kier molecular flexibility index (Phi) is 10.5. The standard InChI is InChI=1S/C36H37IN14O5/c1-21(2)33-43-50(36(56)28-11-25(37)15-48(28)33)17-30(53)41-26-6-7-32-46(16-26)20-40-49(32)12-22(3)34-44-51(18-31(54)42-29-8-9-38-19-39-29)35(55)27-10-24(14-47(27)34)13-45(5)23(4)52/h6-11,14-16,19-22H,12-13,17-18H2,1-5H3,(H-,38,39,41,42,53,54)/p+1. The summed E-state index contributed by atoms with van der Waals surface area (Å²) in [6.07, 6.45) is 9.74. The Morgan fingerprint density at radius 1 is 0.893 bits per heavy atom. The fraction of sp³-hybridized carbons (Fsp3) is 0.306. The van der Waals surface area contributed by atoms with Crippen LogP contribution < -0.4 is 26.2 Å². The monoisotopic (exact) mass is 873 g/mol.